The zero-order valence-corrected chi connectivity index (χ0v) is 19.4. The molecular formula is C26H41NO. The van der Waals surface area contributed by atoms with Gasteiger partial charge in [0.2, 0.25) is 5.91 Å². The van der Waals surface area contributed by atoms with E-state index >= 15 is 0 Å². The van der Waals surface area contributed by atoms with Gasteiger partial charge in [0.15, 0.2) is 0 Å². The molecule has 0 aliphatic heterocycles. The summed E-state index contributed by atoms with van der Waals surface area (Å²) in [6, 6.07) is 0. The first kappa shape index (κ1) is 24.2. The lowest BCUT2D eigenvalue weighted by atomic mass is 9.72. The van der Waals surface area contributed by atoms with Gasteiger partial charge in [-0.05, 0) is 68.4 Å². The van der Waals surface area contributed by atoms with E-state index in [2.05, 4.69) is 72.0 Å². The molecule has 2 nitrogen and oxygen atoms in total. The van der Waals surface area contributed by atoms with Crippen molar-refractivity contribution in [3.8, 4) is 0 Å². The number of hydrogen-bond acceptors (Lipinski definition) is 1. The molecule has 0 saturated carbocycles. The smallest absolute Gasteiger partial charge is 0.244 e. The summed E-state index contributed by atoms with van der Waals surface area (Å²) >= 11 is 0. The second kappa shape index (κ2) is 10.6. The SMILES string of the molecule is CC1=C(/C=C/C(C)=C/C=C/C(C)=C/C(=O)NCCC(C)(C)C)C(C)(C)CCC1. The molecule has 1 aliphatic carbocycles. The van der Waals surface area contributed by atoms with E-state index in [0.29, 0.717) is 6.54 Å². The van der Waals surface area contributed by atoms with E-state index in [4.69, 9.17) is 0 Å². The topological polar surface area (TPSA) is 29.1 Å². The minimum absolute atomic E-state index is 0.0195. The molecule has 0 saturated heterocycles. The normalized spacial score (nSPS) is 19.0. The number of allylic oxidation sites excluding steroid dienone is 9. The first-order chi connectivity index (χ1) is 12.9. The van der Waals surface area contributed by atoms with Gasteiger partial charge in [0.1, 0.15) is 0 Å². The Labute approximate surface area is 173 Å². The number of amides is 1. The number of hydrogen-bond donors (Lipinski definition) is 1. The van der Waals surface area contributed by atoms with Gasteiger partial charge in [-0.1, -0.05) is 76.1 Å². The van der Waals surface area contributed by atoms with Crippen molar-refractivity contribution in [3.05, 3.63) is 58.7 Å². The highest BCUT2D eigenvalue weighted by atomic mass is 16.1. The average Bonchev–Trinajstić information content (AvgIpc) is 2.52. The minimum Gasteiger partial charge on any atom is -0.353 e. The molecule has 0 aromatic heterocycles. The summed E-state index contributed by atoms with van der Waals surface area (Å²) in [7, 11) is 0. The standard InChI is InChI=1S/C26H41NO/c1-20(14-15-23-22(3)13-10-16-26(23,7)8)11-9-12-21(2)19-24(28)27-18-17-25(4,5)6/h9,11-12,14-15,19H,10,13,16-18H2,1-8H3,(H,27,28)/b12-9+,15-14+,20-11+,21-19+. The van der Waals surface area contributed by atoms with Gasteiger partial charge in [0.05, 0.1) is 0 Å². The maximum atomic E-state index is 12.0. The molecule has 0 spiro atoms. The van der Waals surface area contributed by atoms with E-state index < -0.39 is 0 Å². The Kier molecular flexibility index (Phi) is 9.20. The second-order valence-electron chi connectivity index (χ2n) is 10.0. The molecule has 1 N–H and O–H groups in total. The Morgan fingerprint density at radius 3 is 2.43 bits per heavy atom. The fraction of sp³-hybridized carbons (Fsp3) is 0.577. The maximum absolute atomic E-state index is 12.0. The van der Waals surface area contributed by atoms with Crippen LogP contribution < -0.4 is 5.32 Å². The van der Waals surface area contributed by atoms with Crippen molar-refractivity contribution in [2.45, 2.75) is 81.1 Å². The molecule has 0 radical (unpaired) electrons. The highest BCUT2D eigenvalue weighted by Gasteiger charge is 2.26. The average molecular weight is 384 g/mol. The molecule has 2 heteroatoms. The summed E-state index contributed by atoms with van der Waals surface area (Å²) < 4.78 is 0. The largest absolute Gasteiger partial charge is 0.353 e. The van der Waals surface area contributed by atoms with Gasteiger partial charge in [-0.3, -0.25) is 4.79 Å². The predicted octanol–water partition coefficient (Wildman–Crippen LogP) is 7.07. The Hall–Kier alpha value is -1.83. The summed E-state index contributed by atoms with van der Waals surface area (Å²) in [5.41, 5.74) is 5.68. The van der Waals surface area contributed by atoms with Crippen LogP contribution in [0.2, 0.25) is 0 Å². The van der Waals surface area contributed by atoms with E-state index in [1.165, 1.54) is 36.0 Å². The third-order valence-corrected chi connectivity index (χ3v) is 5.31. The van der Waals surface area contributed by atoms with Crippen molar-refractivity contribution in [2.75, 3.05) is 6.54 Å². The predicted molar refractivity (Wildman–Crippen MR) is 123 cm³/mol. The van der Waals surface area contributed by atoms with Crippen LogP contribution in [0.15, 0.2) is 58.7 Å². The van der Waals surface area contributed by atoms with E-state index in [0.717, 1.165) is 12.0 Å². The van der Waals surface area contributed by atoms with E-state index in [9.17, 15) is 4.79 Å². The summed E-state index contributed by atoms with van der Waals surface area (Å²) in [4.78, 5) is 12.0. The van der Waals surface area contributed by atoms with Gasteiger partial charge >= 0.3 is 0 Å². The van der Waals surface area contributed by atoms with Crippen molar-refractivity contribution >= 4 is 5.91 Å². The zero-order chi connectivity index (χ0) is 21.4. The zero-order valence-electron chi connectivity index (χ0n) is 19.4. The molecule has 0 atom stereocenters. The first-order valence-electron chi connectivity index (χ1n) is 10.6. The van der Waals surface area contributed by atoms with Crippen LogP contribution in [0, 0.1) is 10.8 Å². The Morgan fingerprint density at radius 1 is 1.14 bits per heavy atom. The summed E-state index contributed by atoms with van der Waals surface area (Å²) in [6.07, 6.45) is 17.0. The van der Waals surface area contributed by atoms with Crippen LogP contribution in [0.1, 0.15) is 81.1 Å². The molecule has 1 rings (SSSR count). The molecule has 0 aromatic rings. The van der Waals surface area contributed by atoms with Gasteiger partial charge in [0.25, 0.3) is 0 Å². The lowest BCUT2D eigenvalue weighted by Gasteiger charge is -2.32. The van der Waals surface area contributed by atoms with Crippen LogP contribution >= 0.6 is 0 Å². The Balaban J connectivity index is 2.61. The van der Waals surface area contributed by atoms with Crippen LogP contribution in [-0.2, 0) is 4.79 Å². The molecule has 1 aliphatic rings. The van der Waals surface area contributed by atoms with Gasteiger partial charge in [-0.15, -0.1) is 0 Å². The van der Waals surface area contributed by atoms with Crippen molar-refractivity contribution in [1.82, 2.24) is 5.32 Å². The number of carbonyl (C=O) groups is 1. The fourth-order valence-corrected chi connectivity index (χ4v) is 3.50. The molecule has 0 fully saturated rings. The molecule has 28 heavy (non-hydrogen) atoms. The number of carbonyl (C=O) groups excluding carboxylic acids is 1. The van der Waals surface area contributed by atoms with Gasteiger partial charge in [-0.25, -0.2) is 0 Å². The molecule has 0 heterocycles. The quantitative estimate of drug-likeness (QED) is 0.369. The monoisotopic (exact) mass is 383 g/mol. The van der Waals surface area contributed by atoms with Gasteiger partial charge in [0, 0.05) is 12.6 Å². The van der Waals surface area contributed by atoms with E-state index in [1.807, 2.05) is 19.1 Å². The third-order valence-electron chi connectivity index (χ3n) is 5.31. The minimum atomic E-state index is -0.0195. The van der Waals surface area contributed by atoms with Crippen LogP contribution in [0.3, 0.4) is 0 Å². The Bertz CT molecular complexity index is 690. The molecule has 0 aromatic carbocycles. The van der Waals surface area contributed by atoms with Crippen molar-refractivity contribution in [1.29, 1.82) is 0 Å². The van der Waals surface area contributed by atoms with Crippen molar-refractivity contribution < 1.29 is 4.79 Å². The van der Waals surface area contributed by atoms with E-state index in [-0.39, 0.29) is 16.7 Å². The second-order valence-corrected chi connectivity index (χ2v) is 10.0. The Morgan fingerprint density at radius 2 is 1.82 bits per heavy atom. The van der Waals surface area contributed by atoms with Crippen LogP contribution in [0.25, 0.3) is 0 Å². The fourth-order valence-electron chi connectivity index (χ4n) is 3.50. The molecular weight excluding hydrogens is 342 g/mol. The third kappa shape index (κ3) is 9.39. The van der Waals surface area contributed by atoms with Gasteiger partial charge in [-0.2, -0.15) is 0 Å². The highest BCUT2D eigenvalue weighted by molar-refractivity contribution is 5.88. The van der Waals surface area contributed by atoms with E-state index in [1.54, 1.807) is 6.08 Å². The van der Waals surface area contributed by atoms with Crippen LogP contribution in [0.4, 0.5) is 0 Å². The van der Waals surface area contributed by atoms with Crippen molar-refractivity contribution in [3.63, 3.8) is 0 Å². The first-order valence-corrected chi connectivity index (χ1v) is 10.6. The molecule has 0 bridgehead atoms. The van der Waals surface area contributed by atoms with Crippen LogP contribution in [0.5, 0.6) is 0 Å². The summed E-state index contributed by atoms with van der Waals surface area (Å²) in [6.45, 7) is 18.3. The highest BCUT2D eigenvalue weighted by Crippen LogP contribution is 2.40. The number of rotatable bonds is 7. The van der Waals surface area contributed by atoms with Crippen LogP contribution in [-0.4, -0.2) is 12.5 Å². The molecule has 0 unspecified atom stereocenters. The lowest BCUT2D eigenvalue weighted by Crippen LogP contribution is -2.25. The summed E-state index contributed by atoms with van der Waals surface area (Å²) in [5, 5.41) is 2.96. The maximum Gasteiger partial charge on any atom is 0.244 e. The summed E-state index contributed by atoms with van der Waals surface area (Å²) in [5.74, 6) is -0.0195. The lowest BCUT2D eigenvalue weighted by molar-refractivity contribution is -0.116. The molecule has 156 valence electrons. The molecule has 1 amide bonds. The number of nitrogens with one attached hydrogen (secondary N) is 1. The van der Waals surface area contributed by atoms with Gasteiger partial charge < -0.3 is 5.32 Å². The van der Waals surface area contributed by atoms with Crippen molar-refractivity contribution in [2.24, 2.45) is 10.8 Å².